The van der Waals surface area contributed by atoms with Gasteiger partial charge in [0.2, 0.25) is 0 Å². The van der Waals surface area contributed by atoms with Crippen LogP contribution < -0.4 is 14.8 Å². The van der Waals surface area contributed by atoms with Crippen LogP contribution in [0, 0.1) is 0 Å². The molecule has 0 aromatic heterocycles. The zero-order valence-electron chi connectivity index (χ0n) is 14.9. The highest BCUT2D eigenvalue weighted by molar-refractivity contribution is 7.80. The fraction of sp³-hybridized carbons (Fsp3) is 0.136. The van der Waals surface area contributed by atoms with Gasteiger partial charge in [0.1, 0.15) is 23.1 Å². The third kappa shape index (κ3) is 5.22. The lowest BCUT2D eigenvalue weighted by molar-refractivity contribution is 0.305. The summed E-state index contributed by atoms with van der Waals surface area (Å²) in [6.45, 7) is 1.03. The van der Waals surface area contributed by atoms with Crippen molar-refractivity contribution in [2.75, 3.05) is 7.11 Å². The maximum atomic E-state index is 5.99. The lowest BCUT2D eigenvalue weighted by Gasteiger charge is -2.15. The van der Waals surface area contributed by atoms with Gasteiger partial charge in [-0.3, -0.25) is 0 Å². The first-order valence-corrected chi connectivity index (χ1v) is 9.32. The number of rotatable bonds is 7. The summed E-state index contributed by atoms with van der Waals surface area (Å²) in [5.74, 6) is 1.57. The van der Waals surface area contributed by atoms with Gasteiger partial charge >= 0.3 is 0 Å². The number of benzene rings is 3. The normalized spacial score (nSPS) is 10.3. The predicted molar refractivity (Wildman–Crippen MR) is 114 cm³/mol. The second kappa shape index (κ2) is 9.40. The number of methoxy groups -OCH3 is 1. The molecule has 0 saturated carbocycles. The third-order valence-corrected chi connectivity index (χ3v) is 4.69. The first-order valence-electron chi connectivity index (χ1n) is 8.54. The van der Waals surface area contributed by atoms with Crippen molar-refractivity contribution < 1.29 is 9.47 Å². The summed E-state index contributed by atoms with van der Waals surface area (Å²) in [7, 11) is 1.66. The Morgan fingerprint density at radius 3 is 2.33 bits per heavy atom. The molecule has 0 saturated heterocycles. The van der Waals surface area contributed by atoms with E-state index in [4.69, 9.17) is 33.3 Å². The van der Waals surface area contributed by atoms with Crippen LogP contribution in [0.5, 0.6) is 11.5 Å². The zero-order valence-corrected chi connectivity index (χ0v) is 16.5. The average Bonchev–Trinajstić information content (AvgIpc) is 2.72. The molecule has 0 unspecified atom stereocenters. The lowest BCUT2D eigenvalue weighted by Crippen LogP contribution is -2.22. The fourth-order valence-corrected chi connectivity index (χ4v) is 3.01. The highest BCUT2D eigenvalue weighted by Gasteiger charge is 2.10. The number of para-hydroxylation sites is 2. The summed E-state index contributed by atoms with van der Waals surface area (Å²) in [6.07, 6.45) is 0. The minimum absolute atomic E-state index is 0.448. The van der Waals surface area contributed by atoms with E-state index in [1.807, 2.05) is 72.8 Å². The van der Waals surface area contributed by atoms with Crippen LogP contribution in [0.25, 0.3) is 0 Å². The molecule has 1 N–H and O–H groups in total. The predicted octanol–water partition coefficient (Wildman–Crippen LogP) is 5.39. The second-order valence-corrected chi connectivity index (χ2v) is 6.75. The molecule has 0 fully saturated rings. The number of halogens is 1. The molecule has 0 radical (unpaired) electrons. The highest BCUT2D eigenvalue weighted by atomic mass is 35.5. The van der Waals surface area contributed by atoms with Gasteiger partial charge in [-0.25, -0.2) is 0 Å². The quantitative estimate of drug-likeness (QED) is 0.541. The monoisotopic (exact) mass is 397 g/mol. The number of hydrogen-bond donors (Lipinski definition) is 1. The number of nitrogens with one attached hydrogen (secondary N) is 1. The van der Waals surface area contributed by atoms with Crippen LogP contribution in [0.3, 0.4) is 0 Å². The average molecular weight is 398 g/mol. The molecule has 138 valence electrons. The molecule has 0 aliphatic rings. The van der Waals surface area contributed by atoms with Crippen molar-refractivity contribution in [3.05, 3.63) is 94.5 Å². The van der Waals surface area contributed by atoms with E-state index in [1.54, 1.807) is 7.11 Å². The molecule has 3 nitrogen and oxygen atoms in total. The smallest absolute Gasteiger partial charge is 0.129 e. The molecule has 0 aliphatic carbocycles. The minimum atomic E-state index is 0.448. The maximum Gasteiger partial charge on any atom is 0.129 e. The van der Waals surface area contributed by atoms with Crippen LogP contribution in [-0.2, 0) is 13.2 Å². The van der Waals surface area contributed by atoms with E-state index in [0.29, 0.717) is 23.2 Å². The van der Waals surface area contributed by atoms with Gasteiger partial charge in [0, 0.05) is 17.1 Å². The highest BCUT2D eigenvalue weighted by Crippen LogP contribution is 2.22. The number of thiocarbonyl (C=S) groups is 1. The van der Waals surface area contributed by atoms with Gasteiger partial charge in [0.15, 0.2) is 0 Å². The molecule has 3 aromatic rings. The first kappa shape index (κ1) is 19.2. The van der Waals surface area contributed by atoms with Crippen LogP contribution >= 0.6 is 23.8 Å². The molecule has 0 spiro atoms. The van der Waals surface area contributed by atoms with Gasteiger partial charge in [0.25, 0.3) is 0 Å². The molecule has 0 heterocycles. The van der Waals surface area contributed by atoms with Gasteiger partial charge < -0.3 is 14.8 Å². The van der Waals surface area contributed by atoms with Crippen molar-refractivity contribution in [3.8, 4) is 11.5 Å². The van der Waals surface area contributed by atoms with Crippen molar-refractivity contribution in [2.24, 2.45) is 0 Å². The van der Waals surface area contributed by atoms with Crippen molar-refractivity contribution in [2.45, 2.75) is 13.2 Å². The van der Waals surface area contributed by atoms with Crippen LogP contribution in [0.2, 0.25) is 5.02 Å². The van der Waals surface area contributed by atoms with Gasteiger partial charge in [-0.05, 0) is 35.9 Å². The SMILES string of the molecule is COc1ccccc1CNC(=S)c1ccccc1OCc1ccc(Cl)cc1. The van der Waals surface area contributed by atoms with Crippen molar-refractivity contribution >= 4 is 28.8 Å². The van der Waals surface area contributed by atoms with Gasteiger partial charge in [-0.15, -0.1) is 0 Å². The van der Waals surface area contributed by atoms with E-state index in [2.05, 4.69) is 5.32 Å². The Morgan fingerprint density at radius 1 is 0.926 bits per heavy atom. The van der Waals surface area contributed by atoms with Crippen LogP contribution in [0.1, 0.15) is 16.7 Å². The molecule has 3 aromatic carbocycles. The van der Waals surface area contributed by atoms with Crippen molar-refractivity contribution in [3.63, 3.8) is 0 Å². The Labute approximate surface area is 169 Å². The number of ether oxygens (including phenoxy) is 2. The summed E-state index contributed by atoms with van der Waals surface area (Å²) in [4.78, 5) is 0.632. The Balaban J connectivity index is 1.67. The van der Waals surface area contributed by atoms with Gasteiger partial charge in [0.05, 0.1) is 12.7 Å². The topological polar surface area (TPSA) is 30.5 Å². The van der Waals surface area contributed by atoms with E-state index in [1.165, 1.54) is 0 Å². The van der Waals surface area contributed by atoms with E-state index >= 15 is 0 Å². The molecule has 27 heavy (non-hydrogen) atoms. The van der Waals surface area contributed by atoms with E-state index in [0.717, 1.165) is 28.2 Å². The molecule has 0 bridgehead atoms. The fourth-order valence-electron chi connectivity index (χ4n) is 2.64. The summed E-state index contributed by atoms with van der Waals surface area (Å²) >= 11 is 11.5. The molecular formula is C22H20ClNO2S. The summed E-state index contributed by atoms with van der Waals surface area (Å²) in [5.41, 5.74) is 2.94. The largest absolute Gasteiger partial charge is 0.496 e. The minimum Gasteiger partial charge on any atom is -0.496 e. The summed E-state index contributed by atoms with van der Waals surface area (Å²) in [6, 6.07) is 23.2. The van der Waals surface area contributed by atoms with Crippen molar-refractivity contribution in [1.82, 2.24) is 5.32 Å². The summed E-state index contributed by atoms with van der Waals surface area (Å²) in [5, 5.41) is 4.00. The van der Waals surface area contributed by atoms with E-state index in [-0.39, 0.29) is 0 Å². The Kier molecular flexibility index (Phi) is 6.69. The zero-order chi connectivity index (χ0) is 19.1. The summed E-state index contributed by atoms with van der Waals surface area (Å²) < 4.78 is 11.4. The van der Waals surface area contributed by atoms with Crippen LogP contribution in [0.15, 0.2) is 72.8 Å². The first-order chi connectivity index (χ1) is 13.2. The molecular weight excluding hydrogens is 378 g/mol. The second-order valence-electron chi connectivity index (χ2n) is 5.91. The van der Waals surface area contributed by atoms with E-state index < -0.39 is 0 Å². The van der Waals surface area contributed by atoms with Crippen LogP contribution in [-0.4, -0.2) is 12.1 Å². The van der Waals surface area contributed by atoms with Crippen LogP contribution in [0.4, 0.5) is 0 Å². The lowest BCUT2D eigenvalue weighted by atomic mass is 10.1. The molecule has 3 rings (SSSR count). The maximum absolute atomic E-state index is 5.99. The third-order valence-electron chi connectivity index (χ3n) is 4.07. The molecule has 0 aliphatic heterocycles. The van der Waals surface area contributed by atoms with Gasteiger partial charge in [-0.2, -0.15) is 0 Å². The molecule has 0 atom stereocenters. The Bertz CT molecular complexity index is 912. The number of hydrogen-bond acceptors (Lipinski definition) is 3. The van der Waals surface area contributed by atoms with Gasteiger partial charge in [-0.1, -0.05) is 66.3 Å². The Morgan fingerprint density at radius 2 is 1.59 bits per heavy atom. The van der Waals surface area contributed by atoms with Crippen molar-refractivity contribution in [1.29, 1.82) is 0 Å². The van der Waals surface area contributed by atoms with E-state index in [9.17, 15) is 0 Å². The standard InChI is InChI=1S/C22H20ClNO2S/c1-25-20-8-4-2-6-17(20)14-24-22(27)19-7-3-5-9-21(19)26-15-16-10-12-18(23)13-11-16/h2-13H,14-15H2,1H3,(H,24,27). The molecule has 0 amide bonds. The Hall–Kier alpha value is -2.56. The molecule has 5 heteroatoms.